The maximum Gasteiger partial charge on any atom is 0.127 e. The van der Waals surface area contributed by atoms with Gasteiger partial charge in [-0.3, -0.25) is 0 Å². The molecular weight excluding hydrogens is 282 g/mol. The van der Waals surface area contributed by atoms with Gasteiger partial charge in [-0.05, 0) is 48.0 Å². The van der Waals surface area contributed by atoms with Crippen LogP contribution >= 0.6 is 11.6 Å². The molecule has 0 aliphatic heterocycles. The number of nitrogens with two attached hydrogens (primary N) is 1. The van der Waals surface area contributed by atoms with Crippen LogP contribution in [0.4, 0.5) is 5.69 Å². The highest BCUT2D eigenvalue weighted by molar-refractivity contribution is 6.31. The van der Waals surface area contributed by atoms with Gasteiger partial charge in [0.1, 0.15) is 11.5 Å². The molecule has 0 heterocycles. The van der Waals surface area contributed by atoms with Gasteiger partial charge < -0.3 is 10.5 Å². The Morgan fingerprint density at radius 1 is 0.762 bits per heavy atom. The van der Waals surface area contributed by atoms with Crippen molar-refractivity contribution in [1.82, 2.24) is 0 Å². The first-order valence-corrected chi connectivity index (χ1v) is 6.98. The molecule has 0 unspecified atom stereocenters. The average Bonchev–Trinajstić information content (AvgIpc) is 2.52. The molecule has 2 N–H and O–H groups in total. The number of para-hydroxylation sites is 1. The highest BCUT2D eigenvalue weighted by atomic mass is 35.5. The minimum atomic E-state index is 0.670. The summed E-state index contributed by atoms with van der Waals surface area (Å²) in [6.07, 6.45) is 0. The van der Waals surface area contributed by atoms with E-state index < -0.39 is 0 Å². The van der Waals surface area contributed by atoms with Gasteiger partial charge in [0.25, 0.3) is 0 Å². The Balaban J connectivity index is 1.85. The summed E-state index contributed by atoms with van der Waals surface area (Å²) < 4.78 is 5.77. The second-order valence-corrected chi connectivity index (χ2v) is 5.11. The van der Waals surface area contributed by atoms with Crippen LogP contribution in [0, 0.1) is 0 Å². The molecule has 0 bridgehead atoms. The molecule has 0 fully saturated rings. The van der Waals surface area contributed by atoms with E-state index in [4.69, 9.17) is 22.1 Å². The van der Waals surface area contributed by atoms with Crippen LogP contribution in [-0.4, -0.2) is 0 Å². The number of rotatable bonds is 3. The number of anilines is 1. The number of hydrogen-bond acceptors (Lipinski definition) is 2. The summed E-state index contributed by atoms with van der Waals surface area (Å²) in [6.45, 7) is 0. The van der Waals surface area contributed by atoms with E-state index in [-0.39, 0.29) is 0 Å². The minimum absolute atomic E-state index is 0.670. The van der Waals surface area contributed by atoms with Crippen molar-refractivity contribution in [3.63, 3.8) is 0 Å². The maximum atomic E-state index is 6.03. The molecule has 3 aromatic rings. The largest absolute Gasteiger partial charge is 0.457 e. The number of ether oxygens (including phenoxy) is 1. The standard InChI is InChI=1S/C18H14ClNO/c19-14-8-11-18(20)17(12-14)13-6-9-16(10-7-13)21-15-4-2-1-3-5-15/h1-12H,20H2. The van der Waals surface area contributed by atoms with E-state index in [0.29, 0.717) is 10.7 Å². The van der Waals surface area contributed by atoms with Crippen molar-refractivity contribution in [1.29, 1.82) is 0 Å². The quantitative estimate of drug-likeness (QED) is 0.658. The molecule has 2 nitrogen and oxygen atoms in total. The second kappa shape index (κ2) is 5.90. The van der Waals surface area contributed by atoms with Gasteiger partial charge in [0.2, 0.25) is 0 Å². The third kappa shape index (κ3) is 3.18. The third-order valence-electron chi connectivity index (χ3n) is 3.16. The summed E-state index contributed by atoms with van der Waals surface area (Å²) in [7, 11) is 0. The molecule has 104 valence electrons. The Bertz CT molecular complexity index is 739. The SMILES string of the molecule is Nc1ccc(Cl)cc1-c1ccc(Oc2ccccc2)cc1. The molecule has 0 aliphatic rings. The van der Waals surface area contributed by atoms with Crippen molar-refractivity contribution >= 4 is 17.3 Å². The summed E-state index contributed by atoms with van der Waals surface area (Å²) in [5.74, 6) is 1.60. The predicted molar refractivity (Wildman–Crippen MR) is 87.8 cm³/mol. The lowest BCUT2D eigenvalue weighted by Crippen LogP contribution is -1.90. The van der Waals surface area contributed by atoms with Crippen molar-refractivity contribution in [3.8, 4) is 22.6 Å². The van der Waals surface area contributed by atoms with Crippen LogP contribution in [-0.2, 0) is 0 Å². The Morgan fingerprint density at radius 3 is 2.14 bits per heavy atom. The monoisotopic (exact) mass is 295 g/mol. The first kappa shape index (κ1) is 13.5. The zero-order valence-electron chi connectivity index (χ0n) is 11.3. The zero-order chi connectivity index (χ0) is 14.7. The molecule has 0 saturated heterocycles. The van der Waals surface area contributed by atoms with Gasteiger partial charge in [-0.2, -0.15) is 0 Å². The van der Waals surface area contributed by atoms with E-state index in [2.05, 4.69) is 0 Å². The lowest BCUT2D eigenvalue weighted by molar-refractivity contribution is 0.483. The first-order chi connectivity index (χ1) is 10.2. The van der Waals surface area contributed by atoms with Gasteiger partial charge in [0.15, 0.2) is 0 Å². The molecule has 0 amide bonds. The van der Waals surface area contributed by atoms with Crippen molar-refractivity contribution in [3.05, 3.63) is 77.8 Å². The fourth-order valence-corrected chi connectivity index (χ4v) is 2.28. The number of benzene rings is 3. The van der Waals surface area contributed by atoms with Gasteiger partial charge in [0, 0.05) is 16.3 Å². The van der Waals surface area contributed by atoms with Crippen molar-refractivity contribution in [2.24, 2.45) is 0 Å². The zero-order valence-corrected chi connectivity index (χ0v) is 12.0. The van der Waals surface area contributed by atoms with Gasteiger partial charge in [-0.25, -0.2) is 0 Å². The molecule has 3 aromatic carbocycles. The van der Waals surface area contributed by atoms with Gasteiger partial charge in [-0.15, -0.1) is 0 Å². The third-order valence-corrected chi connectivity index (χ3v) is 3.39. The van der Waals surface area contributed by atoms with E-state index in [0.717, 1.165) is 22.6 Å². The highest BCUT2D eigenvalue weighted by Gasteiger charge is 2.04. The topological polar surface area (TPSA) is 35.2 Å². The summed E-state index contributed by atoms with van der Waals surface area (Å²) in [4.78, 5) is 0. The summed E-state index contributed by atoms with van der Waals surface area (Å²) in [5.41, 5.74) is 8.63. The van der Waals surface area contributed by atoms with E-state index in [9.17, 15) is 0 Å². The van der Waals surface area contributed by atoms with Crippen LogP contribution < -0.4 is 10.5 Å². The van der Waals surface area contributed by atoms with Crippen LogP contribution in [0.5, 0.6) is 11.5 Å². The predicted octanol–water partition coefficient (Wildman–Crippen LogP) is 5.38. The highest BCUT2D eigenvalue weighted by Crippen LogP contribution is 2.31. The first-order valence-electron chi connectivity index (χ1n) is 6.61. The van der Waals surface area contributed by atoms with Crippen LogP contribution in [0.2, 0.25) is 5.02 Å². The van der Waals surface area contributed by atoms with Crippen molar-refractivity contribution in [2.45, 2.75) is 0 Å². The van der Waals surface area contributed by atoms with E-state index >= 15 is 0 Å². The van der Waals surface area contributed by atoms with Crippen molar-refractivity contribution < 1.29 is 4.74 Å². The lowest BCUT2D eigenvalue weighted by Gasteiger charge is -2.09. The van der Waals surface area contributed by atoms with Crippen molar-refractivity contribution in [2.75, 3.05) is 5.73 Å². The van der Waals surface area contributed by atoms with E-state index in [1.54, 1.807) is 6.07 Å². The van der Waals surface area contributed by atoms with Crippen LogP contribution in [0.15, 0.2) is 72.8 Å². The molecule has 0 radical (unpaired) electrons. The molecule has 3 rings (SSSR count). The molecule has 0 saturated carbocycles. The van der Waals surface area contributed by atoms with Crippen LogP contribution in [0.1, 0.15) is 0 Å². The minimum Gasteiger partial charge on any atom is -0.457 e. The second-order valence-electron chi connectivity index (χ2n) is 4.67. The molecular formula is C18H14ClNO. The van der Waals surface area contributed by atoms with Gasteiger partial charge >= 0.3 is 0 Å². The summed E-state index contributed by atoms with van der Waals surface area (Å²) in [5, 5.41) is 0.670. The maximum absolute atomic E-state index is 6.03. The smallest absolute Gasteiger partial charge is 0.127 e. The van der Waals surface area contributed by atoms with E-state index in [1.165, 1.54) is 0 Å². The van der Waals surface area contributed by atoms with E-state index in [1.807, 2.05) is 66.7 Å². The fraction of sp³-hybridized carbons (Fsp3) is 0. The fourth-order valence-electron chi connectivity index (χ4n) is 2.11. The molecule has 0 aliphatic carbocycles. The Morgan fingerprint density at radius 2 is 1.43 bits per heavy atom. The normalized spacial score (nSPS) is 10.3. The average molecular weight is 296 g/mol. The summed E-state index contributed by atoms with van der Waals surface area (Å²) >= 11 is 6.03. The summed E-state index contributed by atoms with van der Waals surface area (Å²) in [6, 6.07) is 22.9. The molecule has 3 heteroatoms. The Kier molecular flexibility index (Phi) is 3.80. The molecule has 21 heavy (non-hydrogen) atoms. The van der Waals surface area contributed by atoms with Gasteiger partial charge in [0.05, 0.1) is 0 Å². The number of nitrogen functional groups attached to an aromatic ring is 1. The molecule has 0 atom stereocenters. The Labute approximate surface area is 128 Å². The lowest BCUT2D eigenvalue weighted by atomic mass is 10.0. The molecule has 0 spiro atoms. The van der Waals surface area contributed by atoms with Crippen LogP contribution in [0.3, 0.4) is 0 Å². The number of hydrogen-bond donors (Lipinski definition) is 1. The molecule has 0 aromatic heterocycles. The number of halogens is 1. The van der Waals surface area contributed by atoms with Gasteiger partial charge in [-0.1, -0.05) is 41.9 Å². The Hall–Kier alpha value is -2.45. The van der Waals surface area contributed by atoms with Crippen LogP contribution in [0.25, 0.3) is 11.1 Å².